The van der Waals surface area contributed by atoms with Gasteiger partial charge < -0.3 is 20.9 Å². The van der Waals surface area contributed by atoms with Crippen LogP contribution in [0, 0.1) is 5.92 Å². The number of ether oxygens (including phenoxy) is 1. The third kappa shape index (κ3) is 3.57. The smallest absolute Gasteiger partial charge is 0.144 e. The Morgan fingerprint density at radius 1 is 1.40 bits per heavy atom. The summed E-state index contributed by atoms with van der Waals surface area (Å²) >= 11 is 0. The predicted octanol–water partition coefficient (Wildman–Crippen LogP) is 3.02. The molecule has 1 aromatic rings. The van der Waals surface area contributed by atoms with E-state index >= 15 is 0 Å². The van der Waals surface area contributed by atoms with Crippen molar-refractivity contribution in [2.24, 2.45) is 5.92 Å². The Labute approximate surface area is 121 Å². The van der Waals surface area contributed by atoms with Gasteiger partial charge in [-0.25, -0.2) is 0 Å². The van der Waals surface area contributed by atoms with Gasteiger partial charge in [-0.1, -0.05) is 13.0 Å². The third-order valence-electron chi connectivity index (χ3n) is 4.18. The van der Waals surface area contributed by atoms with Gasteiger partial charge in [0.25, 0.3) is 0 Å². The maximum atomic E-state index is 10.6. The zero-order valence-corrected chi connectivity index (χ0v) is 12.5. The molecule has 0 aromatic heterocycles. The predicted molar refractivity (Wildman–Crippen MR) is 83.1 cm³/mol. The minimum Gasteiger partial charge on any atom is -0.492 e. The van der Waals surface area contributed by atoms with E-state index in [2.05, 4.69) is 12.2 Å². The first kappa shape index (κ1) is 15.0. The standard InChI is InChI=1S/C16H26N2O2/c1-3-20-14-6-4-5-13(15(14)17)18-11-16(19)9-7-12(2)8-10-16/h4-6,12,18-19H,3,7-11,17H2,1-2H3. The van der Waals surface area contributed by atoms with Gasteiger partial charge in [-0.3, -0.25) is 0 Å². The number of anilines is 2. The second-order valence-corrected chi connectivity index (χ2v) is 5.91. The Morgan fingerprint density at radius 3 is 2.75 bits per heavy atom. The number of nitrogens with two attached hydrogens (primary N) is 1. The minimum atomic E-state index is -0.611. The van der Waals surface area contributed by atoms with E-state index < -0.39 is 5.60 Å². The van der Waals surface area contributed by atoms with Crippen LogP contribution in [0.25, 0.3) is 0 Å². The van der Waals surface area contributed by atoms with E-state index in [9.17, 15) is 5.11 Å². The summed E-state index contributed by atoms with van der Waals surface area (Å²) in [5.41, 5.74) is 6.92. The number of nitrogen functional groups attached to an aromatic ring is 1. The van der Waals surface area contributed by atoms with Crippen LogP contribution >= 0.6 is 0 Å². The average Bonchev–Trinajstić information content (AvgIpc) is 2.44. The van der Waals surface area contributed by atoms with Gasteiger partial charge in [-0.2, -0.15) is 0 Å². The molecule has 0 unspecified atom stereocenters. The second-order valence-electron chi connectivity index (χ2n) is 5.91. The van der Waals surface area contributed by atoms with Gasteiger partial charge >= 0.3 is 0 Å². The van der Waals surface area contributed by atoms with E-state index in [1.807, 2.05) is 25.1 Å². The average molecular weight is 278 g/mol. The number of para-hydroxylation sites is 1. The first-order valence-corrected chi connectivity index (χ1v) is 7.51. The molecule has 1 saturated carbocycles. The van der Waals surface area contributed by atoms with Crippen molar-refractivity contribution < 1.29 is 9.84 Å². The number of hydrogen-bond donors (Lipinski definition) is 3. The van der Waals surface area contributed by atoms with E-state index in [4.69, 9.17) is 10.5 Å². The van der Waals surface area contributed by atoms with E-state index in [-0.39, 0.29) is 0 Å². The Hall–Kier alpha value is -1.42. The highest BCUT2D eigenvalue weighted by Gasteiger charge is 2.31. The normalized spacial score (nSPS) is 26.2. The molecule has 20 heavy (non-hydrogen) atoms. The molecule has 0 heterocycles. The van der Waals surface area contributed by atoms with Crippen LogP contribution in [0.1, 0.15) is 39.5 Å². The summed E-state index contributed by atoms with van der Waals surface area (Å²) < 4.78 is 5.48. The van der Waals surface area contributed by atoms with Crippen molar-refractivity contribution in [1.82, 2.24) is 0 Å². The number of hydrogen-bond acceptors (Lipinski definition) is 4. The summed E-state index contributed by atoms with van der Waals surface area (Å²) in [4.78, 5) is 0. The second kappa shape index (κ2) is 6.35. The molecule has 2 rings (SSSR count). The summed E-state index contributed by atoms with van der Waals surface area (Å²) in [7, 11) is 0. The van der Waals surface area contributed by atoms with E-state index in [1.54, 1.807) is 0 Å². The molecular weight excluding hydrogens is 252 g/mol. The lowest BCUT2D eigenvalue weighted by atomic mass is 9.79. The SMILES string of the molecule is CCOc1cccc(NCC2(O)CCC(C)CC2)c1N. The molecule has 0 saturated heterocycles. The van der Waals surface area contributed by atoms with E-state index in [0.717, 1.165) is 37.3 Å². The van der Waals surface area contributed by atoms with Crippen LogP contribution in [0.4, 0.5) is 11.4 Å². The number of benzene rings is 1. The van der Waals surface area contributed by atoms with Crippen LogP contribution in [0.15, 0.2) is 18.2 Å². The Balaban J connectivity index is 1.98. The third-order valence-corrected chi connectivity index (χ3v) is 4.18. The fraction of sp³-hybridized carbons (Fsp3) is 0.625. The number of aliphatic hydroxyl groups is 1. The molecule has 0 spiro atoms. The Bertz CT molecular complexity index is 440. The minimum absolute atomic E-state index is 0.541. The molecule has 0 bridgehead atoms. The van der Waals surface area contributed by atoms with Crippen molar-refractivity contribution in [3.8, 4) is 5.75 Å². The van der Waals surface area contributed by atoms with Crippen LogP contribution in [0.2, 0.25) is 0 Å². The molecule has 112 valence electrons. The lowest BCUT2D eigenvalue weighted by Crippen LogP contribution is -2.40. The topological polar surface area (TPSA) is 67.5 Å². The molecule has 1 aliphatic rings. The van der Waals surface area contributed by atoms with E-state index in [0.29, 0.717) is 24.6 Å². The molecule has 4 N–H and O–H groups in total. The van der Waals surface area contributed by atoms with Gasteiger partial charge in [0.1, 0.15) is 5.75 Å². The molecule has 0 atom stereocenters. The molecule has 1 aromatic carbocycles. The first-order valence-electron chi connectivity index (χ1n) is 7.51. The van der Waals surface area contributed by atoms with Crippen LogP contribution in [0.5, 0.6) is 5.75 Å². The maximum Gasteiger partial charge on any atom is 0.144 e. The van der Waals surface area contributed by atoms with Gasteiger partial charge in [0, 0.05) is 6.54 Å². The highest BCUT2D eigenvalue weighted by Crippen LogP contribution is 2.34. The lowest BCUT2D eigenvalue weighted by Gasteiger charge is -2.35. The lowest BCUT2D eigenvalue weighted by molar-refractivity contribution is 0.00502. The fourth-order valence-corrected chi connectivity index (χ4v) is 2.72. The van der Waals surface area contributed by atoms with Crippen molar-refractivity contribution >= 4 is 11.4 Å². The van der Waals surface area contributed by atoms with Gasteiger partial charge in [-0.15, -0.1) is 0 Å². The molecule has 1 fully saturated rings. The van der Waals surface area contributed by atoms with Crippen molar-refractivity contribution in [1.29, 1.82) is 0 Å². The Kier molecular flexibility index (Phi) is 4.76. The highest BCUT2D eigenvalue weighted by molar-refractivity contribution is 5.73. The number of rotatable bonds is 5. The summed E-state index contributed by atoms with van der Waals surface area (Å²) in [5, 5.41) is 13.9. The van der Waals surface area contributed by atoms with Crippen LogP contribution in [0.3, 0.4) is 0 Å². The molecule has 4 heteroatoms. The maximum absolute atomic E-state index is 10.6. The highest BCUT2D eigenvalue weighted by atomic mass is 16.5. The van der Waals surface area contributed by atoms with Crippen LogP contribution in [-0.4, -0.2) is 23.9 Å². The van der Waals surface area contributed by atoms with Crippen LogP contribution in [-0.2, 0) is 0 Å². The largest absolute Gasteiger partial charge is 0.492 e. The molecule has 4 nitrogen and oxygen atoms in total. The van der Waals surface area contributed by atoms with Crippen molar-refractivity contribution in [3.63, 3.8) is 0 Å². The molecular formula is C16H26N2O2. The zero-order valence-electron chi connectivity index (χ0n) is 12.5. The quantitative estimate of drug-likeness (QED) is 0.724. The van der Waals surface area contributed by atoms with Crippen molar-refractivity contribution in [2.75, 3.05) is 24.2 Å². The molecule has 0 radical (unpaired) electrons. The fourth-order valence-electron chi connectivity index (χ4n) is 2.72. The summed E-state index contributed by atoms with van der Waals surface area (Å²) in [6.45, 7) is 5.32. The molecule has 1 aliphatic carbocycles. The monoisotopic (exact) mass is 278 g/mol. The van der Waals surface area contributed by atoms with E-state index in [1.165, 1.54) is 0 Å². The zero-order chi connectivity index (χ0) is 14.6. The number of nitrogens with one attached hydrogen (secondary N) is 1. The van der Waals surface area contributed by atoms with Crippen LogP contribution < -0.4 is 15.8 Å². The first-order chi connectivity index (χ1) is 9.54. The van der Waals surface area contributed by atoms with Gasteiger partial charge in [0.05, 0.1) is 23.6 Å². The molecule has 0 amide bonds. The summed E-state index contributed by atoms with van der Waals surface area (Å²) in [6.07, 6.45) is 3.89. The Morgan fingerprint density at radius 2 is 2.10 bits per heavy atom. The van der Waals surface area contributed by atoms with Gasteiger partial charge in [-0.05, 0) is 50.7 Å². The molecule has 0 aliphatic heterocycles. The van der Waals surface area contributed by atoms with Gasteiger partial charge in [0.2, 0.25) is 0 Å². The van der Waals surface area contributed by atoms with Crippen molar-refractivity contribution in [2.45, 2.75) is 45.1 Å². The van der Waals surface area contributed by atoms with Crippen molar-refractivity contribution in [3.05, 3.63) is 18.2 Å². The summed E-state index contributed by atoms with van der Waals surface area (Å²) in [6, 6.07) is 5.70. The summed E-state index contributed by atoms with van der Waals surface area (Å²) in [5.74, 6) is 1.42. The van der Waals surface area contributed by atoms with Gasteiger partial charge in [0.15, 0.2) is 0 Å².